The quantitative estimate of drug-likeness (QED) is 0.123. The molecule has 8 aromatic rings. The molecule has 0 unspecified atom stereocenters. The van der Waals surface area contributed by atoms with Crippen molar-refractivity contribution < 1.29 is 0 Å². The van der Waals surface area contributed by atoms with Crippen molar-refractivity contribution in [2.45, 2.75) is 65.2 Å². The van der Waals surface area contributed by atoms with Crippen molar-refractivity contribution in [3.05, 3.63) is 165 Å². The van der Waals surface area contributed by atoms with Crippen molar-refractivity contribution in [3.63, 3.8) is 0 Å². The summed E-state index contributed by atoms with van der Waals surface area (Å²) < 4.78 is 0. The smallest absolute Gasteiger partial charge is 0.0815 e. The molecular weight excluding hydrogens is 717 g/mol. The maximum absolute atomic E-state index is 5.22. The third kappa shape index (κ3) is 7.82. The minimum absolute atomic E-state index is 0.00840. The Morgan fingerprint density at radius 1 is 0.500 bits per heavy atom. The second-order valence-electron chi connectivity index (χ2n) is 15.9. The highest BCUT2D eigenvalue weighted by Crippen LogP contribution is 2.38. The molecule has 0 amide bonds. The van der Waals surface area contributed by atoms with E-state index in [2.05, 4.69) is 199 Å². The lowest BCUT2D eigenvalue weighted by Gasteiger charge is -2.24. The van der Waals surface area contributed by atoms with Gasteiger partial charge in [-0.1, -0.05) is 126 Å². The van der Waals surface area contributed by atoms with Gasteiger partial charge in [0.1, 0.15) is 0 Å². The van der Waals surface area contributed by atoms with Crippen LogP contribution < -0.4 is 0 Å². The van der Waals surface area contributed by atoms with E-state index in [1.165, 1.54) is 42.3 Å². The molecule has 0 aliphatic heterocycles. The molecule has 0 fully saturated rings. The largest absolute Gasteiger partial charge is 0.252 e. The van der Waals surface area contributed by atoms with E-state index in [1.54, 1.807) is 11.3 Å². The monoisotopic (exact) mass is 764 g/mol. The first-order valence-electron chi connectivity index (χ1n) is 19.7. The Kier molecular flexibility index (Phi) is 10.5. The van der Waals surface area contributed by atoms with Crippen LogP contribution in [0.1, 0.15) is 85.8 Å². The van der Waals surface area contributed by atoms with Gasteiger partial charge in [-0.15, -0.1) is 22.7 Å². The molecule has 0 radical (unpaired) electrons. The highest BCUT2D eigenvalue weighted by atomic mass is 32.1. The topological polar surface area (TPSA) is 25.8 Å². The van der Waals surface area contributed by atoms with E-state index in [4.69, 9.17) is 9.97 Å². The number of benzene rings is 4. The maximum atomic E-state index is 5.22. The van der Waals surface area contributed by atoms with Gasteiger partial charge in [0.2, 0.25) is 0 Å². The van der Waals surface area contributed by atoms with Gasteiger partial charge in [0.25, 0.3) is 0 Å². The summed E-state index contributed by atoms with van der Waals surface area (Å²) in [7, 11) is 0. The number of hydrogen-bond acceptors (Lipinski definition) is 4. The van der Waals surface area contributed by atoms with Crippen molar-refractivity contribution in [2.75, 3.05) is 0 Å². The predicted octanol–water partition coefficient (Wildman–Crippen LogP) is 15.6. The van der Waals surface area contributed by atoms with Crippen molar-refractivity contribution in [1.29, 1.82) is 0 Å². The van der Waals surface area contributed by atoms with Crippen LogP contribution in [0.5, 0.6) is 0 Å². The zero-order chi connectivity index (χ0) is 38.9. The second-order valence-corrected chi connectivity index (χ2v) is 18.2. The third-order valence-corrected chi connectivity index (χ3v) is 13.8. The van der Waals surface area contributed by atoms with Crippen molar-refractivity contribution >= 4 is 68.8 Å². The number of hydrogen-bond donors (Lipinski definition) is 0. The summed E-state index contributed by atoms with van der Waals surface area (Å²) >= 11 is 3.68. The van der Waals surface area contributed by atoms with Gasteiger partial charge >= 0.3 is 0 Å². The van der Waals surface area contributed by atoms with Gasteiger partial charge in [-0.3, -0.25) is 4.98 Å². The average molecular weight is 765 g/mol. The summed E-state index contributed by atoms with van der Waals surface area (Å²) in [4.78, 5) is 15.5. The average Bonchev–Trinajstić information content (AvgIpc) is 3.93. The van der Waals surface area contributed by atoms with E-state index in [0.29, 0.717) is 0 Å². The maximum Gasteiger partial charge on any atom is 0.0815 e. The molecule has 278 valence electrons. The van der Waals surface area contributed by atoms with Crippen LogP contribution in [0, 0.1) is 0 Å². The highest BCUT2D eigenvalue weighted by Gasteiger charge is 2.22. The third-order valence-electron chi connectivity index (χ3n) is 11.3. The molecular formula is C52H48N2S2. The lowest BCUT2D eigenvalue weighted by molar-refractivity contribution is 0.492. The SMILES string of the molecule is CCC(C)(C)c1cc(-c2ccccc2)c2cc(/C=C/c3ccc4nc(-c5ccc(/C=C/c6ccc(C(C)(C)CC)s6)s5)cc(-c5ccccc5)c4c3)ccc2n1. The first-order chi connectivity index (χ1) is 27.1. The molecule has 2 nitrogen and oxygen atoms in total. The molecule has 4 aromatic heterocycles. The molecule has 4 heterocycles. The fourth-order valence-corrected chi connectivity index (χ4v) is 8.93. The van der Waals surface area contributed by atoms with Crippen molar-refractivity contribution in [3.8, 4) is 32.8 Å². The Morgan fingerprint density at radius 3 is 1.62 bits per heavy atom. The van der Waals surface area contributed by atoms with Crippen molar-refractivity contribution in [1.82, 2.24) is 9.97 Å². The molecule has 0 aliphatic rings. The Bertz CT molecular complexity index is 2710. The predicted molar refractivity (Wildman–Crippen MR) is 246 cm³/mol. The van der Waals surface area contributed by atoms with E-state index in [9.17, 15) is 0 Å². The van der Waals surface area contributed by atoms with Crippen LogP contribution in [-0.4, -0.2) is 9.97 Å². The lowest BCUT2D eigenvalue weighted by Crippen LogP contribution is -2.17. The van der Waals surface area contributed by atoms with Crippen LogP contribution in [0.3, 0.4) is 0 Å². The molecule has 0 atom stereocenters. The summed E-state index contributed by atoms with van der Waals surface area (Å²) in [6.45, 7) is 13.7. The molecule has 4 aromatic carbocycles. The van der Waals surface area contributed by atoms with Crippen molar-refractivity contribution in [2.24, 2.45) is 0 Å². The van der Waals surface area contributed by atoms with Gasteiger partial charge in [-0.05, 0) is 124 Å². The van der Waals surface area contributed by atoms with Gasteiger partial charge in [0, 0.05) is 36.5 Å². The van der Waals surface area contributed by atoms with Gasteiger partial charge in [0.05, 0.1) is 21.6 Å². The van der Waals surface area contributed by atoms with Gasteiger partial charge in [0.15, 0.2) is 0 Å². The fraction of sp³-hybridized carbons (Fsp3) is 0.192. The zero-order valence-electron chi connectivity index (χ0n) is 33.1. The summed E-state index contributed by atoms with van der Waals surface area (Å²) in [6.07, 6.45) is 11.1. The summed E-state index contributed by atoms with van der Waals surface area (Å²) in [6, 6.07) is 48.2. The van der Waals surface area contributed by atoms with Gasteiger partial charge in [-0.25, -0.2) is 4.98 Å². The number of thiophene rings is 2. The Hall–Kier alpha value is -5.42. The number of fused-ring (bicyclic) bond motifs is 2. The first kappa shape index (κ1) is 37.5. The first-order valence-corrected chi connectivity index (χ1v) is 21.3. The molecule has 0 spiro atoms. The molecule has 0 saturated carbocycles. The molecule has 56 heavy (non-hydrogen) atoms. The van der Waals surface area contributed by atoms with E-state index in [-0.39, 0.29) is 10.8 Å². The van der Waals surface area contributed by atoms with Crippen LogP contribution in [0.15, 0.2) is 133 Å². The molecule has 4 heteroatoms. The van der Waals surface area contributed by atoms with Crippen LogP contribution >= 0.6 is 22.7 Å². The summed E-state index contributed by atoms with van der Waals surface area (Å²) in [5, 5.41) is 2.31. The van der Waals surface area contributed by atoms with E-state index >= 15 is 0 Å². The van der Waals surface area contributed by atoms with Crippen LogP contribution in [-0.2, 0) is 10.8 Å². The lowest BCUT2D eigenvalue weighted by atomic mass is 9.84. The number of aromatic nitrogens is 2. The molecule has 0 bridgehead atoms. The van der Waals surface area contributed by atoms with E-state index < -0.39 is 0 Å². The van der Waals surface area contributed by atoms with Crippen LogP contribution in [0.2, 0.25) is 0 Å². The minimum atomic E-state index is -0.00840. The number of pyridine rings is 2. The molecule has 0 saturated heterocycles. The van der Waals surface area contributed by atoms with Gasteiger partial charge < -0.3 is 0 Å². The Balaban J connectivity index is 1.12. The second kappa shape index (κ2) is 15.6. The minimum Gasteiger partial charge on any atom is -0.252 e. The fourth-order valence-electron chi connectivity index (χ4n) is 6.98. The van der Waals surface area contributed by atoms with Gasteiger partial charge in [-0.2, -0.15) is 0 Å². The van der Waals surface area contributed by atoms with E-state index in [1.807, 2.05) is 11.3 Å². The number of nitrogens with zero attached hydrogens (tertiary/aromatic N) is 2. The molecule has 0 aliphatic carbocycles. The Morgan fingerprint density at radius 2 is 1.04 bits per heavy atom. The van der Waals surface area contributed by atoms with E-state index in [0.717, 1.165) is 56.7 Å². The number of rotatable bonds is 11. The summed E-state index contributed by atoms with van der Waals surface area (Å²) in [5.74, 6) is 0. The highest BCUT2D eigenvalue weighted by molar-refractivity contribution is 7.16. The molecule has 0 N–H and O–H groups in total. The van der Waals surface area contributed by atoms with Crippen LogP contribution in [0.4, 0.5) is 0 Å². The zero-order valence-corrected chi connectivity index (χ0v) is 34.8. The van der Waals surface area contributed by atoms with Crippen LogP contribution in [0.25, 0.3) is 78.9 Å². The standard InChI is InChI=1S/C52H48N2S2/c1-7-51(3,4)49-34-42(38-17-13-10-14-18-38)44-32-36(22-28-46(44)54-49)20-19-35-21-27-45-43(31-35)41(37-15-11-9-12-16-37)33-47(53-45)48-29-25-39(55-48)23-24-40-26-30-50(56-40)52(5,6)8-2/h9-34H,7-8H2,1-6H3/b20-19+,24-23+. The summed E-state index contributed by atoms with van der Waals surface area (Å²) in [5.41, 5.74) is 11.4. The normalized spacial score (nSPS) is 12.5. The Labute approximate surface area is 340 Å². The molecule has 8 rings (SSSR count).